The van der Waals surface area contributed by atoms with Gasteiger partial charge in [0.2, 0.25) is 0 Å². The van der Waals surface area contributed by atoms with Crippen LogP contribution >= 0.6 is 0 Å². The topological polar surface area (TPSA) is 45.9 Å². The molecule has 0 aliphatic heterocycles. The van der Waals surface area contributed by atoms with Crippen LogP contribution < -0.4 is 9.80 Å². The van der Waals surface area contributed by atoms with Crippen LogP contribution in [0.1, 0.15) is 55.1 Å². The van der Waals surface area contributed by atoms with Crippen LogP contribution in [0.2, 0.25) is 0 Å². The van der Waals surface area contributed by atoms with E-state index in [1.165, 1.54) is 16.3 Å². The molecule has 5 heteroatoms. The first-order chi connectivity index (χ1) is 60.5. The minimum absolute atomic E-state index is 0.0157. The molecule has 0 saturated heterocycles. The maximum atomic E-state index is 9.96. The molecule has 0 radical (unpaired) electrons. The van der Waals surface area contributed by atoms with Crippen molar-refractivity contribution in [2.24, 2.45) is 0 Å². The summed E-state index contributed by atoms with van der Waals surface area (Å²) in [6.07, 6.45) is 0. The van der Waals surface area contributed by atoms with E-state index in [-0.39, 0.29) is 141 Å². The predicted octanol–water partition coefficient (Wildman–Crippen LogP) is 28.4. The fraction of sp³-hybridized carbons (Fsp3) is 0.0303. The summed E-state index contributed by atoms with van der Waals surface area (Å²) in [6, 6.07) is 64.3. The first-order valence-electron chi connectivity index (χ1n) is 44.9. The molecule has 1 aliphatic rings. The Labute approximate surface area is 632 Å². The highest BCUT2D eigenvalue weighted by atomic mass is 16.3. The van der Waals surface area contributed by atoms with E-state index < -0.39 is 90.6 Å². The van der Waals surface area contributed by atoms with Gasteiger partial charge in [-0.1, -0.05) is 262 Å². The van der Waals surface area contributed by atoms with E-state index in [9.17, 15) is 9.60 Å². The van der Waals surface area contributed by atoms with Gasteiger partial charge in [-0.3, -0.25) is 0 Å². The normalized spacial score (nSPS) is 15.4. The summed E-state index contributed by atoms with van der Waals surface area (Å²) in [6.45, 7) is 4.32. The molecule has 0 saturated carbocycles. The average Bonchev–Trinajstić information content (AvgIpc) is 1.50. The molecule has 0 bridgehead atoms. The molecule has 20 aromatic rings. The van der Waals surface area contributed by atoms with Gasteiger partial charge >= 0.3 is 0 Å². The van der Waals surface area contributed by atoms with Crippen molar-refractivity contribution in [2.45, 2.75) is 19.3 Å². The van der Waals surface area contributed by atoms with Crippen LogP contribution in [0.15, 0.2) is 377 Å². The quantitative estimate of drug-likeness (QED) is 0.137. The van der Waals surface area contributed by atoms with Gasteiger partial charge in [0.15, 0.2) is 0 Å². The molecule has 490 valence electrons. The minimum atomic E-state index is -0.563. The molecule has 3 heterocycles. The lowest BCUT2D eigenvalue weighted by atomic mass is 9.82. The molecule has 17 aromatic carbocycles. The van der Waals surface area contributed by atoms with Crippen LogP contribution in [0.25, 0.3) is 154 Å². The molecule has 5 nitrogen and oxygen atoms in total. The molecule has 0 atom stereocenters. The van der Waals surface area contributed by atoms with Gasteiger partial charge in [0, 0.05) is 83.3 Å². The standard InChI is InChI=1S/C50H31NO2.C49H35NO/c1-2-12-38(13-3-1)51(40-24-27-43-44-26-23-34-10-6-7-14-42(34)50(44)53-48(43)31-40)39-25-28-46-45(30-39)49-41(15-8-16-47(49)52-46)35-20-17-33(18-21-35)37-22-19-32-9-4-5-11-36(32)29-37;1-49(2)44-20-9-8-17-41(44)42-28-26-37(31-45(42)49)50(35-14-4-3-5-15-35)36-27-29-46-43(30-36)48-40(19-11-21-47(48)51-46)34-24-22-33(23-25-34)39-18-10-13-32-12-6-7-16-38(32)39/h1-31H;3-31H,1-2H3/i6D,7D,10D,14D,23D,24D,26D,27D,31D;6D,7D,10D,11D,12D,13D,16D,18D,19D,21D,27D,29D,30D. The highest BCUT2D eigenvalue weighted by Crippen LogP contribution is 2.52. The highest BCUT2D eigenvalue weighted by Gasteiger charge is 2.36. The summed E-state index contributed by atoms with van der Waals surface area (Å²) in [5.41, 5.74) is 12.2. The fourth-order valence-electron chi connectivity index (χ4n) is 14.8. The van der Waals surface area contributed by atoms with E-state index in [2.05, 4.69) is 92.7 Å². The van der Waals surface area contributed by atoms with Crippen molar-refractivity contribution in [1.82, 2.24) is 0 Å². The number of rotatable bonds is 10. The molecule has 21 rings (SSSR count). The summed E-state index contributed by atoms with van der Waals surface area (Å²) in [7, 11) is 0. The fourth-order valence-corrected chi connectivity index (χ4v) is 14.8. The molecular formula is C99H66N2O3. The molecule has 3 aromatic heterocycles. The number of hydrogen-bond donors (Lipinski definition) is 0. The van der Waals surface area contributed by atoms with Crippen molar-refractivity contribution < 1.29 is 43.4 Å². The van der Waals surface area contributed by atoms with Crippen molar-refractivity contribution in [3.63, 3.8) is 0 Å². The van der Waals surface area contributed by atoms with Crippen LogP contribution in [0.3, 0.4) is 0 Å². The van der Waals surface area contributed by atoms with Crippen LogP contribution in [-0.4, -0.2) is 0 Å². The molecule has 104 heavy (non-hydrogen) atoms. The van der Waals surface area contributed by atoms with E-state index in [0.29, 0.717) is 39.5 Å². The highest BCUT2D eigenvalue weighted by molar-refractivity contribution is 6.17. The van der Waals surface area contributed by atoms with Crippen LogP contribution in [0, 0.1) is 0 Å². The molecular weight excluding hydrogens is 1270 g/mol. The van der Waals surface area contributed by atoms with Gasteiger partial charge in [-0.05, 0) is 203 Å². The van der Waals surface area contributed by atoms with Crippen LogP contribution in [0.5, 0.6) is 0 Å². The second kappa shape index (κ2) is 24.4. The molecule has 0 fully saturated rings. The van der Waals surface area contributed by atoms with Crippen molar-refractivity contribution in [3.05, 3.63) is 375 Å². The third-order valence-corrected chi connectivity index (χ3v) is 19.8. The van der Waals surface area contributed by atoms with Gasteiger partial charge in [0.1, 0.15) is 33.5 Å². The summed E-state index contributed by atoms with van der Waals surface area (Å²) in [5, 5.41) is 3.55. The molecule has 1 aliphatic carbocycles. The van der Waals surface area contributed by atoms with Gasteiger partial charge in [0.25, 0.3) is 0 Å². The Morgan fingerprint density at radius 2 is 0.837 bits per heavy atom. The van der Waals surface area contributed by atoms with Gasteiger partial charge in [-0.2, -0.15) is 0 Å². The van der Waals surface area contributed by atoms with Crippen molar-refractivity contribution >= 4 is 132 Å². The number of para-hydroxylation sites is 2. The summed E-state index contributed by atoms with van der Waals surface area (Å²) in [4.78, 5) is 3.49. The monoisotopic (exact) mass is 1350 g/mol. The zero-order chi connectivity index (χ0) is 88.1. The number of hydrogen-bond acceptors (Lipinski definition) is 5. The molecule has 0 unspecified atom stereocenters. The third kappa shape index (κ3) is 10.1. The lowest BCUT2D eigenvalue weighted by Crippen LogP contribution is -2.16. The minimum Gasteiger partial charge on any atom is -0.456 e. The number of nitrogens with zero attached hydrogens (tertiary/aromatic N) is 2. The average molecular weight is 1350 g/mol. The Hall–Kier alpha value is -13.5. The second-order valence-corrected chi connectivity index (χ2v) is 26.1. The Kier molecular flexibility index (Phi) is 9.84. The lowest BCUT2D eigenvalue weighted by molar-refractivity contribution is 0.660. The molecule has 0 spiro atoms. The summed E-state index contributed by atoms with van der Waals surface area (Å²) < 4.78 is 215. The van der Waals surface area contributed by atoms with Gasteiger partial charge in [0.05, 0.1) is 30.2 Å². The summed E-state index contributed by atoms with van der Waals surface area (Å²) in [5.74, 6) is 0. The molecule has 0 amide bonds. The SMILES string of the molecule is [2H]c1c(N(c2ccccc2)c2ccc3c(c2)C(C)(C)c2ccccc2-3)c([2H])c2c(oc3c([2H])c([2H])c([2H])c(-c4ccc(-c5c([2H])c([2H])c([2H])c6c([2H])c([2H])c([2H])c([2H])c56)cc4)c32)c1[2H].[2H]c1c([2H])c([2H])c2c(c1[2H])c([2H])c([2H])c1c2oc2c([2H])c(N(c3ccccc3)c3ccc4oc5cccc(-c6ccc(-c7ccc8ccccc8c7)cc6)c5c4c3)c([2H])c([2H])c21. The smallest absolute Gasteiger partial charge is 0.143 e. The molecule has 0 N–H and O–H groups in total. The zero-order valence-corrected chi connectivity index (χ0v) is 55.6. The number of benzene rings is 17. The summed E-state index contributed by atoms with van der Waals surface area (Å²) >= 11 is 0. The number of anilines is 6. The van der Waals surface area contributed by atoms with Crippen LogP contribution in [-0.2, 0) is 5.41 Å². The van der Waals surface area contributed by atoms with E-state index in [1.807, 2.05) is 127 Å². The Balaban J connectivity index is 0.000000159. The van der Waals surface area contributed by atoms with Crippen molar-refractivity contribution in [1.29, 1.82) is 0 Å². The van der Waals surface area contributed by atoms with Crippen molar-refractivity contribution in [2.75, 3.05) is 9.80 Å². The van der Waals surface area contributed by atoms with Gasteiger partial charge in [-0.25, -0.2) is 0 Å². The van der Waals surface area contributed by atoms with Crippen LogP contribution in [0.4, 0.5) is 34.1 Å². The Morgan fingerprint density at radius 3 is 1.63 bits per heavy atom. The van der Waals surface area contributed by atoms with E-state index in [1.54, 1.807) is 34.1 Å². The van der Waals surface area contributed by atoms with Gasteiger partial charge < -0.3 is 23.1 Å². The number of furan rings is 3. The van der Waals surface area contributed by atoms with Crippen molar-refractivity contribution in [3.8, 4) is 55.6 Å². The largest absolute Gasteiger partial charge is 0.456 e. The first kappa shape index (κ1) is 41.9. The Bertz CT molecular complexity index is 8150. The van der Waals surface area contributed by atoms with Gasteiger partial charge in [-0.15, -0.1) is 0 Å². The van der Waals surface area contributed by atoms with E-state index >= 15 is 0 Å². The predicted molar refractivity (Wildman–Crippen MR) is 436 cm³/mol. The first-order valence-corrected chi connectivity index (χ1v) is 33.9. The maximum absolute atomic E-state index is 9.96. The third-order valence-electron chi connectivity index (χ3n) is 19.8. The second-order valence-electron chi connectivity index (χ2n) is 26.1. The van der Waals surface area contributed by atoms with E-state index in [4.69, 9.17) is 33.8 Å². The maximum Gasteiger partial charge on any atom is 0.143 e. The lowest BCUT2D eigenvalue weighted by Gasteiger charge is -2.28. The zero-order valence-electron chi connectivity index (χ0n) is 77.6. The number of fused-ring (bicyclic) bond motifs is 16. The van der Waals surface area contributed by atoms with E-state index in [0.717, 1.165) is 49.7 Å². The Morgan fingerprint density at radius 1 is 0.260 bits per heavy atom.